The fourth-order valence-corrected chi connectivity index (χ4v) is 5.93. The number of aryl methyl sites for hydroxylation is 4. The molecule has 0 amide bonds. The van der Waals surface area contributed by atoms with Gasteiger partial charge >= 0.3 is 0 Å². The van der Waals surface area contributed by atoms with Crippen LogP contribution < -0.4 is 0 Å². The first-order valence-corrected chi connectivity index (χ1v) is 12.2. The molecular weight excluding hydrogens is 380 g/mol. The van der Waals surface area contributed by atoms with E-state index in [-0.39, 0.29) is 0 Å². The first-order valence-electron chi connectivity index (χ1n) is 11.3. The van der Waals surface area contributed by atoms with Gasteiger partial charge in [0.1, 0.15) is 0 Å². The molecule has 4 aromatic carbocycles. The molecular formula is C29H30S. The quantitative estimate of drug-likeness (QED) is 0.253. The lowest BCUT2D eigenvalue weighted by atomic mass is 9.96. The zero-order valence-electron chi connectivity index (χ0n) is 18.6. The Labute approximate surface area is 183 Å². The summed E-state index contributed by atoms with van der Waals surface area (Å²) in [5, 5.41) is 8.26. The molecule has 0 bridgehead atoms. The van der Waals surface area contributed by atoms with Crippen molar-refractivity contribution in [2.45, 2.75) is 59.8 Å². The lowest BCUT2D eigenvalue weighted by Gasteiger charge is -2.09. The largest absolute Gasteiger partial charge is 0.135 e. The van der Waals surface area contributed by atoms with Crippen molar-refractivity contribution >= 4 is 53.1 Å². The van der Waals surface area contributed by atoms with Crippen molar-refractivity contribution in [3.05, 3.63) is 70.8 Å². The van der Waals surface area contributed by atoms with Crippen molar-refractivity contribution in [3.8, 4) is 0 Å². The zero-order chi connectivity index (χ0) is 20.8. The van der Waals surface area contributed by atoms with Crippen LogP contribution in [0, 0.1) is 20.8 Å². The van der Waals surface area contributed by atoms with Crippen molar-refractivity contribution in [3.63, 3.8) is 0 Å². The molecule has 0 saturated carbocycles. The highest BCUT2D eigenvalue weighted by Gasteiger charge is 2.10. The summed E-state index contributed by atoms with van der Waals surface area (Å²) in [6.07, 6.45) is 6.50. The molecule has 0 aliphatic rings. The molecule has 5 aromatic rings. The Balaban J connectivity index is 1.64. The average molecular weight is 411 g/mol. The fraction of sp³-hybridized carbons (Fsp3) is 0.310. The van der Waals surface area contributed by atoms with Crippen LogP contribution in [0.3, 0.4) is 0 Å². The van der Waals surface area contributed by atoms with Crippen molar-refractivity contribution in [1.82, 2.24) is 0 Å². The van der Waals surface area contributed by atoms with Gasteiger partial charge in [-0.15, -0.1) is 11.3 Å². The lowest BCUT2D eigenvalue weighted by Crippen LogP contribution is -1.91. The highest BCUT2D eigenvalue weighted by molar-refractivity contribution is 7.26. The molecule has 0 unspecified atom stereocenters. The van der Waals surface area contributed by atoms with Gasteiger partial charge in [0.15, 0.2) is 0 Å². The molecule has 1 heteroatoms. The SMILES string of the molecule is CCCCCCc1cc2cc3sc4cc5cc(C)c(C)cc5cc4c3cc2cc1C. The summed E-state index contributed by atoms with van der Waals surface area (Å²) in [5.41, 5.74) is 5.70. The molecule has 0 spiro atoms. The Morgan fingerprint density at radius 2 is 1.10 bits per heavy atom. The third-order valence-electron chi connectivity index (χ3n) is 6.75. The second-order valence-electron chi connectivity index (χ2n) is 9.02. The van der Waals surface area contributed by atoms with Crippen LogP contribution in [0.4, 0.5) is 0 Å². The highest BCUT2D eigenvalue weighted by Crippen LogP contribution is 2.39. The number of hydrogen-bond donors (Lipinski definition) is 0. The minimum atomic E-state index is 1.20. The number of thiophene rings is 1. The number of hydrogen-bond acceptors (Lipinski definition) is 1. The van der Waals surface area contributed by atoms with E-state index in [4.69, 9.17) is 0 Å². The summed E-state index contributed by atoms with van der Waals surface area (Å²) in [5.74, 6) is 0. The van der Waals surface area contributed by atoms with Gasteiger partial charge in [-0.05, 0) is 102 Å². The van der Waals surface area contributed by atoms with E-state index in [1.807, 2.05) is 11.3 Å². The molecule has 0 atom stereocenters. The van der Waals surface area contributed by atoms with Gasteiger partial charge in [0.25, 0.3) is 0 Å². The highest BCUT2D eigenvalue weighted by atomic mass is 32.1. The van der Waals surface area contributed by atoms with E-state index in [1.54, 1.807) is 0 Å². The monoisotopic (exact) mass is 410 g/mol. The smallest absolute Gasteiger partial charge is 0.0361 e. The van der Waals surface area contributed by atoms with Crippen LogP contribution in [0.25, 0.3) is 41.7 Å². The maximum absolute atomic E-state index is 2.45. The van der Waals surface area contributed by atoms with Crippen LogP contribution in [0.5, 0.6) is 0 Å². The molecule has 1 heterocycles. The van der Waals surface area contributed by atoms with Crippen molar-refractivity contribution < 1.29 is 0 Å². The molecule has 0 N–H and O–H groups in total. The van der Waals surface area contributed by atoms with Crippen LogP contribution in [0.2, 0.25) is 0 Å². The second kappa shape index (κ2) is 7.71. The van der Waals surface area contributed by atoms with Crippen LogP contribution >= 0.6 is 11.3 Å². The van der Waals surface area contributed by atoms with Gasteiger partial charge in [0, 0.05) is 20.2 Å². The first kappa shape index (κ1) is 19.6. The van der Waals surface area contributed by atoms with E-state index < -0.39 is 0 Å². The minimum absolute atomic E-state index is 1.20. The van der Waals surface area contributed by atoms with Gasteiger partial charge in [-0.1, -0.05) is 50.5 Å². The van der Waals surface area contributed by atoms with Crippen LogP contribution in [0.1, 0.15) is 54.9 Å². The maximum atomic E-state index is 2.45. The number of unbranched alkanes of at least 4 members (excludes halogenated alkanes) is 3. The third-order valence-corrected chi connectivity index (χ3v) is 7.87. The van der Waals surface area contributed by atoms with Crippen molar-refractivity contribution in [1.29, 1.82) is 0 Å². The summed E-state index contributed by atoms with van der Waals surface area (Å²) in [4.78, 5) is 0. The summed E-state index contributed by atoms with van der Waals surface area (Å²) < 4.78 is 2.80. The van der Waals surface area contributed by atoms with Crippen LogP contribution in [-0.2, 0) is 6.42 Å². The van der Waals surface area contributed by atoms with Gasteiger partial charge < -0.3 is 0 Å². The molecule has 30 heavy (non-hydrogen) atoms. The number of rotatable bonds is 5. The van der Waals surface area contributed by atoms with E-state index in [9.17, 15) is 0 Å². The van der Waals surface area contributed by atoms with Crippen molar-refractivity contribution in [2.24, 2.45) is 0 Å². The molecule has 0 aliphatic carbocycles. The lowest BCUT2D eigenvalue weighted by molar-refractivity contribution is 0.666. The molecule has 0 saturated heterocycles. The van der Waals surface area contributed by atoms with Crippen LogP contribution in [-0.4, -0.2) is 0 Å². The Morgan fingerprint density at radius 3 is 1.70 bits per heavy atom. The van der Waals surface area contributed by atoms with Crippen molar-refractivity contribution in [2.75, 3.05) is 0 Å². The predicted molar refractivity (Wildman–Crippen MR) is 136 cm³/mol. The molecule has 5 rings (SSSR count). The second-order valence-corrected chi connectivity index (χ2v) is 10.1. The zero-order valence-corrected chi connectivity index (χ0v) is 19.4. The third kappa shape index (κ3) is 3.40. The first-order chi connectivity index (χ1) is 14.5. The van der Waals surface area contributed by atoms with Crippen LogP contribution in [0.15, 0.2) is 48.5 Å². The molecule has 0 aliphatic heterocycles. The van der Waals surface area contributed by atoms with Gasteiger partial charge in [0.2, 0.25) is 0 Å². The summed E-state index contributed by atoms with van der Waals surface area (Å²) in [6.45, 7) is 8.98. The molecule has 0 fully saturated rings. The molecule has 152 valence electrons. The fourth-order valence-electron chi connectivity index (χ4n) is 4.77. The Morgan fingerprint density at radius 1 is 0.567 bits per heavy atom. The molecule has 1 aromatic heterocycles. The predicted octanol–water partition coefficient (Wildman–Crippen LogP) is 9.41. The Kier molecular flexibility index (Phi) is 5.03. The summed E-state index contributed by atoms with van der Waals surface area (Å²) in [6, 6.07) is 19.2. The van der Waals surface area contributed by atoms with E-state index in [1.165, 1.54) is 96.1 Å². The Hall–Kier alpha value is -2.38. The number of fused-ring (bicyclic) bond motifs is 5. The van der Waals surface area contributed by atoms with E-state index in [2.05, 4.69) is 76.2 Å². The van der Waals surface area contributed by atoms with Gasteiger partial charge in [0.05, 0.1) is 0 Å². The maximum Gasteiger partial charge on any atom is 0.0361 e. The minimum Gasteiger partial charge on any atom is -0.135 e. The summed E-state index contributed by atoms with van der Waals surface area (Å²) in [7, 11) is 0. The van der Waals surface area contributed by atoms with E-state index >= 15 is 0 Å². The summed E-state index contributed by atoms with van der Waals surface area (Å²) >= 11 is 1.94. The van der Waals surface area contributed by atoms with Gasteiger partial charge in [-0.2, -0.15) is 0 Å². The molecule has 0 nitrogen and oxygen atoms in total. The Bertz CT molecular complexity index is 1400. The van der Waals surface area contributed by atoms with E-state index in [0.717, 1.165) is 0 Å². The average Bonchev–Trinajstić information content (AvgIpc) is 3.05. The van der Waals surface area contributed by atoms with Gasteiger partial charge in [-0.25, -0.2) is 0 Å². The van der Waals surface area contributed by atoms with Gasteiger partial charge in [-0.3, -0.25) is 0 Å². The normalized spacial score (nSPS) is 12.0. The molecule has 0 radical (unpaired) electrons. The standard InChI is InChI=1S/C29H30S/c1-5-6-7-8-9-21-13-25-17-29-27(15-23(25)12-20(21)4)26-14-22-10-18(2)19(3)11-24(22)16-28(26)30-29/h10-17H,5-9H2,1-4H3. The van der Waals surface area contributed by atoms with E-state index in [0.29, 0.717) is 0 Å². The topological polar surface area (TPSA) is 0 Å². The number of benzene rings is 4.